The van der Waals surface area contributed by atoms with Crippen molar-refractivity contribution in [1.82, 2.24) is 4.90 Å². The van der Waals surface area contributed by atoms with Crippen LogP contribution in [-0.2, 0) is 12.1 Å². The first-order valence-electron chi connectivity index (χ1n) is 8.19. The Hall–Kier alpha value is -1.20. The first-order valence-corrected chi connectivity index (χ1v) is 9.45. The average molecular weight is 395 g/mol. The highest BCUT2D eigenvalue weighted by Crippen LogP contribution is 2.49. The summed E-state index contributed by atoms with van der Waals surface area (Å²) in [6, 6.07) is 18.0. The van der Waals surface area contributed by atoms with Crippen molar-refractivity contribution in [1.29, 1.82) is 0 Å². The zero-order valence-electron chi connectivity index (χ0n) is 13.6. The molecule has 6 heteroatoms. The van der Waals surface area contributed by atoms with Crippen LogP contribution < -0.4 is 0 Å². The molecule has 0 aromatic heterocycles. The van der Waals surface area contributed by atoms with Crippen LogP contribution in [0, 0.1) is 0 Å². The molecular weight excluding hydrogens is 375 g/mol. The van der Waals surface area contributed by atoms with Gasteiger partial charge in [-0.1, -0.05) is 71.9 Å². The maximum Gasteiger partial charge on any atom is 0.180 e. The number of fused-ring (bicyclic) bond motifs is 1. The van der Waals surface area contributed by atoms with E-state index in [1.165, 1.54) is 5.56 Å². The quantitative estimate of drug-likeness (QED) is 0.837. The SMILES string of the molecule is Cl.OC1(c2ccccc2Cl)C(CCc2ccccc2)SC2=NCCN21. The third kappa shape index (κ3) is 3.28. The zero-order valence-corrected chi connectivity index (χ0v) is 16.0. The first-order chi connectivity index (χ1) is 11.7. The van der Waals surface area contributed by atoms with E-state index < -0.39 is 5.72 Å². The molecule has 0 saturated carbocycles. The summed E-state index contributed by atoms with van der Waals surface area (Å²) in [5.74, 6) is 0. The van der Waals surface area contributed by atoms with E-state index in [2.05, 4.69) is 29.3 Å². The number of aryl methyl sites for hydroxylation is 1. The van der Waals surface area contributed by atoms with Gasteiger partial charge >= 0.3 is 0 Å². The van der Waals surface area contributed by atoms with Gasteiger partial charge < -0.3 is 10.0 Å². The van der Waals surface area contributed by atoms with Gasteiger partial charge in [0.1, 0.15) is 0 Å². The van der Waals surface area contributed by atoms with Crippen molar-refractivity contribution in [3.8, 4) is 0 Å². The molecule has 0 bridgehead atoms. The summed E-state index contributed by atoms with van der Waals surface area (Å²) in [5.41, 5.74) is 0.977. The molecule has 0 spiro atoms. The van der Waals surface area contributed by atoms with Crippen molar-refractivity contribution >= 4 is 40.9 Å². The highest BCUT2D eigenvalue weighted by molar-refractivity contribution is 8.14. The van der Waals surface area contributed by atoms with Gasteiger partial charge in [0.25, 0.3) is 0 Å². The molecule has 2 unspecified atom stereocenters. The number of aliphatic hydroxyl groups is 1. The van der Waals surface area contributed by atoms with E-state index in [0.29, 0.717) is 5.02 Å². The third-order valence-corrected chi connectivity index (χ3v) is 6.46. The average Bonchev–Trinajstić information content (AvgIpc) is 3.17. The van der Waals surface area contributed by atoms with Crippen LogP contribution in [0.15, 0.2) is 59.6 Å². The summed E-state index contributed by atoms with van der Waals surface area (Å²) < 4.78 is 0. The van der Waals surface area contributed by atoms with E-state index in [0.717, 1.165) is 36.7 Å². The van der Waals surface area contributed by atoms with Crippen LogP contribution in [0.1, 0.15) is 17.5 Å². The van der Waals surface area contributed by atoms with Crippen molar-refractivity contribution in [2.24, 2.45) is 4.99 Å². The Morgan fingerprint density at radius 1 is 1.16 bits per heavy atom. The molecule has 3 nitrogen and oxygen atoms in total. The fourth-order valence-corrected chi connectivity index (χ4v) is 5.22. The summed E-state index contributed by atoms with van der Waals surface area (Å²) >= 11 is 8.11. The lowest BCUT2D eigenvalue weighted by molar-refractivity contribution is -0.0670. The van der Waals surface area contributed by atoms with Gasteiger partial charge in [-0.25, -0.2) is 0 Å². The minimum absolute atomic E-state index is 0. The minimum Gasteiger partial charge on any atom is -0.366 e. The molecular formula is C19H20Cl2N2OS. The fraction of sp³-hybridized carbons (Fsp3) is 0.316. The maximum atomic E-state index is 11.7. The molecule has 2 aliphatic rings. The molecule has 2 aliphatic heterocycles. The van der Waals surface area contributed by atoms with Gasteiger partial charge in [0.15, 0.2) is 10.9 Å². The first kappa shape index (κ1) is 18.6. The number of nitrogens with zero attached hydrogens (tertiary/aromatic N) is 2. The monoisotopic (exact) mass is 394 g/mol. The number of aliphatic imine (C=N–C) groups is 1. The number of rotatable bonds is 4. The molecule has 1 fully saturated rings. The van der Waals surface area contributed by atoms with Gasteiger partial charge in [0.05, 0.1) is 11.8 Å². The van der Waals surface area contributed by atoms with Crippen LogP contribution >= 0.6 is 35.8 Å². The number of halogens is 2. The van der Waals surface area contributed by atoms with Crippen LogP contribution in [0.25, 0.3) is 0 Å². The molecule has 0 aliphatic carbocycles. The topological polar surface area (TPSA) is 35.8 Å². The van der Waals surface area contributed by atoms with Crippen molar-refractivity contribution in [3.05, 3.63) is 70.7 Å². The van der Waals surface area contributed by atoms with Crippen LogP contribution in [0.5, 0.6) is 0 Å². The van der Waals surface area contributed by atoms with Crippen LogP contribution in [0.3, 0.4) is 0 Å². The van der Waals surface area contributed by atoms with Gasteiger partial charge in [-0.3, -0.25) is 4.99 Å². The number of thioether (sulfide) groups is 1. The molecule has 1 saturated heterocycles. The van der Waals surface area contributed by atoms with E-state index in [4.69, 9.17) is 11.6 Å². The Morgan fingerprint density at radius 3 is 2.64 bits per heavy atom. The molecule has 0 amide bonds. The van der Waals surface area contributed by atoms with Crippen molar-refractivity contribution in [2.45, 2.75) is 23.8 Å². The molecule has 1 N–H and O–H groups in total. The predicted octanol–water partition coefficient (Wildman–Crippen LogP) is 4.33. The van der Waals surface area contributed by atoms with E-state index >= 15 is 0 Å². The summed E-state index contributed by atoms with van der Waals surface area (Å²) in [6.07, 6.45) is 1.79. The standard InChI is InChI=1S/C19H19ClN2OS.ClH/c20-16-9-5-4-8-15(16)19(23)17(24-18-21-12-13-22(18)19)11-10-14-6-2-1-3-7-14;/h1-9,17,23H,10-13H2;1H. The lowest BCUT2D eigenvalue weighted by Crippen LogP contribution is -2.48. The number of amidine groups is 1. The zero-order chi connectivity index (χ0) is 16.6. The van der Waals surface area contributed by atoms with Gasteiger partial charge in [-0.2, -0.15) is 0 Å². The molecule has 2 heterocycles. The van der Waals surface area contributed by atoms with E-state index in [1.807, 2.05) is 35.2 Å². The number of hydrogen-bond donors (Lipinski definition) is 1. The molecule has 0 radical (unpaired) electrons. The van der Waals surface area contributed by atoms with Crippen LogP contribution in [0.2, 0.25) is 5.02 Å². The number of benzene rings is 2. The normalized spacial score (nSPS) is 24.6. The Bertz CT molecular complexity index is 771. The molecule has 2 aromatic carbocycles. The summed E-state index contributed by atoms with van der Waals surface area (Å²) in [6.45, 7) is 1.48. The predicted molar refractivity (Wildman–Crippen MR) is 108 cm³/mol. The fourth-order valence-electron chi connectivity index (χ4n) is 3.51. The van der Waals surface area contributed by atoms with Crippen LogP contribution in [-0.4, -0.2) is 33.5 Å². The molecule has 25 heavy (non-hydrogen) atoms. The van der Waals surface area contributed by atoms with Gasteiger partial charge in [0, 0.05) is 17.1 Å². The molecule has 4 rings (SSSR count). The van der Waals surface area contributed by atoms with Gasteiger partial charge in [-0.05, 0) is 24.5 Å². The highest BCUT2D eigenvalue weighted by Gasteiger charge is 2.54. The minimum atomic E-state index is -1.09. The Labute approximate surface area is 163 Å². The van der Waals surface area contributed by atoms with Gasteiger partial charge in [0.2, 0.25) is 0 Å². The van der Waals surface area contributed by atoms with Crippen molar-refractivity contribution < 1.29 is 5.11 Å². The largest absolute Gasteiger partial charge is 0.366 e. The van der Waals surface area contributed by atoms with E-state index in [9.17, 15) is 5.11 Å². The Balaban J connectivity index is 0.00000182. The Morgan fingerprint density at radius 2 is 1.88 bits per heavy atom. The summed E-state index contributed by atoms with van der Waals surface area (Å²) in [7, 11) is 0. The molecule has 2 aromatic rings. The lowest BCUT2D eigenvalue weighted by Gasteiger charge is -2.37. The Kier molecular flexibility index (Phi) is 5.64. The number of hydrogen-bond acceptors (Lipinski definition) is 4. The smallest absolute Gasteiger partial charge is 0.180 e. The molecule has 2 atom stereocenters. The van der Waals surface area contributed by atoms with Crippen molar-refractivity contribution in [3.63, 3.8) is 0 Å². The summed E-state index contributed by atoms with van der Waals surface area (Å²) in [4.78, 5) is 6.58. The second kappa shape index (κ2) is 7.58. The van der Waals surface area contributed by atoms with E-state index in [-0.39, 0.29) is 17.7 Å². The van der Waals surface area contributed by atoms with Crippen molar-refractivity contribution in [2.75, 3.05) is 13.1 Å². The summed E-state index contributed by atoms with van der Waals surface area (Å²) in [5, 5.41) is 13.3. The second-order valence-electron chi connectivity index (χ2n) is 6.15. The van der Waals surface area contributed by atoms with E-state index in [1.54, 1.807) is 11.8 Å². The lowest BCUT2D eigenvalue weighted by atomic mass is 9.93. The third-order valence-electron chi connectivity index (χ3n) is 4.72. The van der Waals surface area contributed by atoms with Gasteiger partial charge in [-0.15, -0.1) is 12.4 Å². The highest BCUT2D eigenvalue weighted by atomic mass is 35.5. The maximum absolute atomic E-state index is 11.7. The molecule has 132 valence electrons. The van der Waals surface area contributed by atoms with Crippen LogP contribution in [0.4, 0.5) is 0 Å². The second-order valence-corrected chi connectivity index (χ2v) is 7.73.